The summed E-state index contributed by atoms with van der Waals surface area (Å²) in [6, 6.07) is 0. The Morgan fingerprint density at radius 1 is 1.40 bits per heavy atom. The summed E-state index contributed by atoms with van der Waals surface area (Å²) in [6.07, 6.45) is 5.17. The zero-order chi connectivity index (χ0) is 14.8. The standard InChI is InChI=1S/C12H19N5O3/c1-16-8-14-17(11(16)20)7-9(18)15-12(10(13)19)5-3-2-4-6-12/h8H,2-7H2,1H3,(H2,13,19)(H,15,18). The van der Waals surface area contributed by atoms with E-state index in [2.05, 4.69) is 10.4 Å². The van der Waals surface area contributed by atoms with Gasteiger partial charge >= 0.3 is 5.69 Å². The monoisotopic (exact) mass is 281 g/mol. The van der Waals surface area contributed by atoms with Crippen molar-refractivity contribution in [1.29, 1.82) is 0 Å². The van der Waals surface area contributed by atoms with Gasteiger partial charge in [-0.3, -0.25) is 14.2 Å². The number of aryl methyl sites for hydroxylation is 1. The average molecular weight is 281 g/mol. The van der Waals surface area contributed by atoms with Crippen molar-refractivity contribution in [2.45, 2.75) is 44.2 Å². The molecule has 0 saturated heterocycles. The lowest BCUT2D eigenvalue weighted by Gasteiger charge is -2.35. The predicted octanol–water partition coefficient (Wildman–Crippen LogP) is -1.11. The van der Waals surface area contributed by atoms with E-state index >= 15 is 0 Å². The van der Waals surface area contributed by atoms with Gasteiger partial charge in [-0.05, 0) is 12.8 Å². The summed E-state index contributed by atoms with van der Waals surface area (Å²) in [6.45, 7) is -0.214. The van der Waals surface area contributed by atoms with Gasteiger partial charge in [-0.2, -0.15) is 5.10 Å². The molecule has 0 unspecified atom stereocenters. The summed E-state index contributed by atoms with van der Waals surface area (Å²) < 4.78 is 2.32. The number of nitrogens with one attached hydrogen (secondary N) is 1. The summed E-state index contributed by atoms with van der Waals surface area (Å²) in [5.74, 6) is -0.939. The second-order valence-electron chi connectivity index (χ2n) is 5.24. The highest BCUT2D eigenvalue weighted by Crippen LogP contribution is 2.27. The van der Waals surface area contributed by atoms with Crippen LogP contribution in [0.1, 0.15) is 32.1 Å². The van der Waals surface area contributed by atoms with Crippen LogP contribution in [0.2, 0.25) is 0 Å². The second-order valence-corrected chi connectivity index (χ2v) is 5.24. The van der Waals surface area contributed by atoms with Gasteiger partial charge in [0.1, 0.15) is 18.4 Å². The van der Waals surface area contributed by atoms with Crippen LogP contribution < -0.4 is 16.7 Å². The second kappa shape index (κ2) is 5.48. The SMILES string of the molecule is Cn1cnn(CC(=O)NC2(C(N)=O)CCCCC2)c1=O. The van der Waals surface area contributed by atoms with Crippen LogP contribution in [-0.4, -0.2) is 31.7 Å². The number of hydrogen-bond donors (Lipinski definition) is 2. The Labute approximate surface area is 115 Å². The Bertz CT molecular complexity index is 568. The summed E-state index contributed by atoms with van der Waals surface area (Å²) in [5, 5.41) is 6.50. The first kappa shape index (κ1) is 14.3. The number of rotatable bonds is 4. The molecule has 0 aliphatic heterocycles. The molecule has 3 N–H and O–H groups in total. The van der Waals surface area contributed by atoms with E-state index in [-0.39, 0.29) is 12.2 Å². The van der Waals surface area contributed by atoms with Crippen LogP contribution in [-0.2, 0) is 23.2 Å². The number of aromatic nitrogens is 3. The third kappa shape index (κ3) is 2.73. The van der Waals surface area contributed by atoms with Crippen LogP contribution >= 0.6 is 0 Å². The summed E-state index contributed by atoms with van der Waals surface area (Å²) in [5.41, 5.74) is 4.08. The van der Waals surface area contributed by atoms with Crippen molar-refractivity contribution >= 4 is 11.8 Å². The zero-order valence-electron chi connectivity index (χ0n) is 11.5. The van der Waals surface area contributed by atoms with Gasteiger partial charge in [-0.15, -0.1) is 0 Å². The maximum absolute atomic E-state index is 12.0. The highest BCUT2D eigenvalue weighted by Gasteiger charge is 2.39. The van der Waals surface area contributed by atoms with E-state index in [1.807, 2.05) is 0 Å². The average Bonchev–Trinajstić information content (AvgIpc) is 2.71. The fourth-order valence-corrected chi connectivity index (χ4v) is 2.56. The Morgan fingerprint density at radius 3 is 2.55 bits per heavy atom. The van der Waals surface area contributed by atoms with Gasteiger partial charge in [0, 0.05) is 7.05 Å². The van der Waals surface area contributed by atoms with E-state index in [9.17, 15) is 14.4 Å². The molecular formula is C12H19N5O3. The summed E-state index contributed by atoms with van der Waals surface area (Å²) in [7, 11) is 1.55. The molecule has 0 spiro atoms. The van der Waals surface area contributed by atoms with E-state index in [1.54, 1.807) is 7.05 Å². The van der Waals surface area contributed by atoms with Gasteiger partial charge in [0.2, 0.25) is 11.8 Å². The number of hydrogen-bond acceptors (Lipinski definition) is 4. The Hall–Kier alpha value is -2.12. The van der Waals surface area contributed by atoms with Crippen molar-refractivity contribution in [1.82, 2.24) is 19.7 Å². The highest BCUT2D eigenvalue weighted by molar-refractivity contribution is 5.90. The van der Waals surface area contributed by atoms with Crippen LogP contribution in [0.4, 0.5) is 0 Å². The molecule has 1 fully saturated rings. The molecule has 1 heterocycles. The third-order valence-corrected chi connectivity index (χ3v) is 3.74. The molecule has 0 atom stereocenters. The maximum Gasteiger partial charge on any atom is 0.345 e. The molecule has 8 heteroatoms. The van der Waals surface area contributed by atoms with Gasteiger partial charge in [0.05, 0.1) is 0 Å². The number of amides is 2. The molecule has 1 aromatic rings. The molecule has 0 radical (unpaired) electrons. The van der Waals surface area contributed by atoms with Crippen molar-refractivity contribution in [3.8, 4) is 0 Å². The molecule has 1 aromatic heterocycles. The normalized spacial score (nSPS) is 17.6. The van der Waals surface area contributed by atoms with Gasteiger partial charge in [0.15, 0.2) is 0 Å². The Balaban J connectivity index is 2.07. The number of primary amides is 1. The van der Waals surface area contributed by atoms with E-state index in [0.29, 0.717) is 12.8 Å². The van der Waals surface area contributed by atoms with Crippen LogP contribution in [0.25, 0.3) is 0 Å². The smallest absolute Gasteiger partial charge is 0.345 e. The minimum Gasteiger partial charge on any atom is -0.368 e. The highest BCUT2D eigenvalue weighted by atomic mass is 16.2. The van der Waals surface area contributed by atoms with E-state index in [1.165, 1.54) is 10.9 Å². The molecule has 110 valence electrons. The first-order valence-corrected chi connectivity index (χ1v) is 6.64. The topological polar surface area (TPSA) is 112 Å². The lowest BCUT2D eigenvalue weighted by Crippen LogP contribution is -2.59. The summed E-state index contributed by atoms with van der Waals surface area (Å²) in [4.78, 5) is 35.3. The largest absolute Gasteiger partial charge is 0.368 e. The molecule has 1 aliphatic rings. The van der Waals surface area contributed by atoms with Crippen LogP contribution in [0.3, 0.4) is 0 Å². The van der Waals surface area contributed by atoms with Gasteiger partial charge in [-0.25, -0.2) is 9.48 Å². The number of nitrogens with two attached hydrogens (primary N) is 1. The molecule has 0 aromatic carbocycles. The molecule has 8 nitrogen and oxygen atoms in total. The number of nitrogens with zero attached hydrogens (tertiary/aromatic N) is 3. The summed E-state index contributed by atoms with van der Waals surface area (Å²) >= 11 is 0. The van der Waals surface area contributed by atoms with Crippen molar-refractivity contribution < 1.29 is 9.59 Å². The number of carbonyl (C=O) groups excluding carboxylic acids is 2. The first-order chi connectivity index (χ1) is 9.44. The van der Waals surface area contributed by atoms with E-state index in [0.717, 1.165) is 23.9 Å². The van der Waals surface area contributed by atoms with Crippen molar-refractivity contribution in [2.75, 3.05) is 0 Å². The fourth-order valence-electron chi connectivity index (χ4n) is 2.56. The molecule has 2 rings (SSSR count). The van der Waals surface area contributed by atoms with Gasteiger partial charge in [0.25, 0.3) is 0 Å². The quantitative estimate of drug-likeness (QED) is 0.728. The van der Waals surface area contributed by atoms with Crippen LogP contribution in [0.5, 0.6) is 0 Å². The zero-order valence-corrected chi connectivity index (χ0v) is 11.5. The molecule has 1 aliphatic carbocycles. The first-order valence-electron chi connectivity index (χ1n) is 6.64. The minimum atomic E-state index is -0.978. The number of carbonyl (C=O) groups is 2. The molecule has 2 amide bonds. The minimum absolute atomic E-state index is 0.214. The fraction of sp³-hybridized carbons (Fsp3) is 0.667. The van der Waals surface area contributed by atoms with Crippen LogP contribution in [0.15, 0.2) is 11.1 Å². The van der Waals surface area contributed by atoms with Crippen molar-refractivity contribution in [3.05, 3.63) is 16.8 Å². The molecular weight excluding hydrogens is 262 g/mol. The Morgan fingerprint density at radius 2 is 2.05 bits per heavy atom. The lowest BCUT2D eigenvalue weighted by atomic mass is 9.81. The Kier molecular flexibility index (Phi) is 3.91. The van der Waals surface area contributed by atoms with Gasteiger partial charge in [-0.1, -0.05) is 19.3 Å². The van der Waals surface area contributed by atoms with E-state index in [4.69, 9.17) is 5.73 Å². The molecule has 20 heavy (non-hydrogen) atoms. The van der Waals surface area contributed by atoms with Crippen LogP contribution in [0, 0.1) is 0 Å². The molecule has 1 saturated carbocycles. The predicted molar refractivity (Wildman–Crippen MR) is 70.6 cm³/mol. The van der Waals surface area contributed by atoms with Gasteiger partial charge < -0.3 is 11.1 Å². The maximum atomic E-state index is 12.0. The van der Waals surface area contributed by atoms with Crippen molar-refractivity contribution in [3.63, 3.8) is 0 Å². The van der Waals surface area contributed by atoms with E-state index < -0.39 is 17.4 Å². The lowest BCUT2D eigenvalue weighted by molar-refractivity contribution is -0.133. The molecule has 0 bridgehead atoms. The van der Waals surface area contributed by atoms with Crippen molar-refractivity contribution in [2.24, 2.45) is 12.8 Å². The third-order valence-electron chi connectivity index (χ3n) is 3.74.